The number of hydrogen-bond acceptors (Lipinski definition) is 2. The zero-order chi connectivity index (χ0) is 43.1. The zero-order valence-corrected chi connectivity index (χ0v) is 36.9. The van der Waals surface area contributed by atoms with Crippen LogP contribution in [-0.4, -0.2) is 23.1 Å². The van der Waals surface area contributed by atoms with Gasteiger partial charge in [-0.1, -0.05) is 178 Å². The van der Waals surface area contributed by atoms with Crippen molar-refractivity contribution in [2.45, 2.75) is 78.7 Å². The minimum atomic E-state index is -0.251. The van der Waals surface area contributed by atoms with Crippen molar-refractivity contribution in [2.24, 2.45) is 20.0 Å². The first kappa shape index (κ1) is 41.9. The smallest absolute Gasteiger partial charge is 0.160 e. The Kier molecular flexibility index (Phi) is 12.8. The molecule has 0 saturated heterocycles. The highest BCUT2D eigenvalue weighted by Gasteiger charge is 2.24. The van der Waals surface area contributed by atoms with E-state index in [0.717, 1.165) is 82.0 Å². The first-order chi connectivity index (χ1) is 30.2. The molecule has 0 bridgehead atoms. The third-order valence-corrected chi connectivity index (χ3v) is 12.3. The second kappa shape index (κ2) is 18.9. The normalized spacial score (nSPS) is 15.7. The largest absolute Gasteiger partial charge is 0.258 e. The van der Waals surface area contributed by atoms with Gasteiger partial charge in [-0.15, -0.1) is 0 Å². The molecule has 0 heterocycles. The summed E-state index contributed by atoms with van der Waals surface area (Å²) in [4.78, 5) is 20.9. The van der Waals surface area contributed by atoms with Crippen LogP contribution in [0.15, 0.2) is 195 Å². The predicted molar refractivity (Wildman–Crippen MR) is 266 cm³/mol. The summed E-state index contributed by atoms with van der Waals surface area (Å²) in [6.07, 6.45) is 17.4. The van der Waals surface area contributed by atoms with Gasteiger partial charge in [-0.2, -0.15) is 0 Å². The number of nitrogens with zero attached hydrogens (tertiary/aromatic N) is 4. The molecule has 0 spiro atoms. The van der Waals surface area contributed by atoms with Crippen molar-refractivity contribution in [3.05, 3.63) is 226 Å². The summed E-state index contributed by atoms with van der Waals surface area (Å²) in [5.41, 5.74) is 14.1. The summed E-state index contributed by atoms with van der Waals surface area (Å²) < 4.78 is 0. The van der Waals surface area contributed by atoms with E-state index in [1.54, 1.807) is 0 Å². The molecular weight excluding hydrogens is 753 g/mol. The minimum Gasteiger partial charge on any atom is -0.258 e. The van der Waals surface area contributed by atoms with Crippen molar-refractivity contribution in [3.8, 4) is 0 Å². The molecule has 2 aliphatic carbocycles. The van der Waals surface area contributed by atoms with Crippen molar-refractivity contribution >= 4 is 45.6 Å². The molecule has 4 nitrogen and oxygen atoms in total. The highest BCUT2D eigenvalue weighted by atomic mass is 14.9. The quantitative estimate of drug-likeness (QED) is 0.0978. The molecule has 0 amide bonds. The topological polar surface area (TPSA) is 49.4 Å². The van der Waals surface area contributed by atoms with Gasteiger partial charge >= 0.3 is 0 Å². The fourth-order valence-electron chi connectivity index (χ4n) is 8.28. The van der Waals surface area contributed by atoms with Gasteiger partial charge in [-0.05, 0) is 115 Å². The molecular formula is C58H56N4. The molecule has 0 radical (unpaired) electrons. The lowest BCUT2D eigenvalue weighted by Crippen LogP contribution is -2.19. The summed E-state index contributed by atoms with van der Waals surface area (Å²) >= 11 is 0. The second-order valence-electron chi connectivity index (χ2n) is 16.9. The number of benzene rings is 6. The van der Waals surface area contributed by atoms with E-state index in [-0.39, 0.29) is 11.5 Å². The number of amidine groups is 2. The fraction of sp³-hybridized carbons (Fsp3) is 0.207. The van der Waals surface area contributed by atoms with Gasteiger partial charge < -0.3 is 0 Å². The maximum Gasteiger partial charge on any atom is 0.160 e. The lowest BCUT2D eigenvalue weighted by Gasteiger charge is -2.27. The molecule has 0 fully saturated rings. The molecule has 6 aromatic rings. The van der Waals surface area contributed by atoms with Crippen LogP contribution in [0.3, 0.4) is 0 Å². The van der Waals surface area contributed by atoms with E-state index in [9.17, 15) is 0 Å². The maximum absolute atomic E-state index is 5.26. The van der Waals surface area contributed by atoms with Crippen molar-refractivity contribution in [3.63, 3.8) is 0 Å². The Morgan fingerprint density at radius 2 is 1.23 bits per heavy atom. The monoisotopic (exact) mass is 808 g/mol. The van der Waals surface area contributed by atoms with Gasteiger partial charge in [-0.25, -0.2) is 15.0 Å². The van der Waals surface area contributed by atoms with E-state index >= 15 is 0 Å². The maximum atomic E-state index is 5.26. The Morgan fingerprint density at radius 1 is 0.581 bits per heavy atom. The minimum absolute atomic E-state index is 0.0803. The van der Waals surface area contributed by atoms with Gasteiger partial charge in [0.05, 0.1) is 11.7 Å². The zero-order valence-electron chi connectivity index (χ0n) is 36.9. The number of aliphatic imine (C=N–C) groups is 4. The molecule has 0 aromatic heterocycles. The average Bonchev–Trinajstić information content (AvgIpc) is 3.32. The van der Waals surface area contributed by atoms with Crippen LogP contribution < -0.4 is 0 Å². The van der Waals surface area contributed by atoms with Gasteiger partial charge in [0.15, 0.2) is 11.7 Å². The van der Waals surface area contributed by atoms with E-state index in [0.29, 0.717) is 5.84 Å². The Bertz CT molecular complexity index is 2820. The van der Waals surface area contributed by atoms with E-state index < -0.39 is 0 Å². The number of allylic oxidation sites excluding steroid dienone is 4. The van der Waals surface area contributed by atoms with E-state index in [2.05, 4.69) is 211 Å². The molecule has 2 aliphatic rings. The summed E-state index contributed by atoms with van der Waals surface area (Å²) in [7, 11) is 0. The van der Waals surface area contributed by atoms with Crippen LogP contribution in [0.5, 0.6) is 0 Å². The van der Waals surface area contributed by atoms with Gasteiger partial charge in [0.1, 0.15) is 0 Å². The number of aryl methyl sites for hydroxylation is 1. The predicted octanol–water partition coefficient (Wildman–Crippen LogP) is 14.7. The van der Waals surface area contributed by atoms with Crippen molar-refractivity contribution < 1.29 is 0 Å². The molecule has 1 unspecified atom stereocenters. The number of rotatable bonds is 10. The number of fused-ring (bicyclic) bond motifs is 2. The van der Waals surface area contributed by atoms with Crippen LogP contribution in [-0.2, 0) is 11.8 Å². The average molecular weight is 809 g/mol. The highest BCUT2D eigenvalue weighted by Crippen LogP contribution is 2.34. The Morgan fingerprint density at radius 3 is 1.95 bits per heavy atom. The van der Waals surface area contributed by atoms with Crippen molar-refractivity contribution in [1.29, 1.82) is 0 Å². The standard InChI is InChI=1S/C58H56N4/c1-7-55(52-29-27-46-21-15-17-25-51(46)39-52)62-57(60-40(2)43-18-10-8-11-19-43)48-32-36-54(37-33-48)58(5,6)53-34-30-44(31-35-53)41(3)59-56(47-22-12-9-13-23-47)61-42(4)49-28-26-45-20-14-16-24-50(45)38-49/h7-8,10-12,14,16-20,22-39,41H,9,13,15,21H2,1-6H3/b55-7+,59-56?,60-40?,61-42?,62-57?. The Labute approximate surface area is 368 Å². The first-order valence-corrected chi connectivity index (χ1v) is 22.0. The Hall–Kier alpha value is -6.78. The van der Waals surface area contributed by atoms with Gasteiger partial charge in [-0.3, -0.25) is 4.99 Å². The number of hydrogen-bond donors (Lipinski definition) is 0. The summed E-state index contributed by atoms with van der Waals surface area (Å²) in [6.45, 7) is 12.9. The molecule has 308 valence electrons. The molecule has 1 atom stereocenters. The van der Waals surface area contributed by atoms with Crippen molar-refractivity contribution in [2.75, 3.05) is 0 Å². The fourth-order valence-corrected chi connectivity index (χ4v) is 8.28. The molecule has 0 saturated carbocycles. The lowest BCUT2D eigenvalue weighted by atomic mass is 9.77. The van der Waals surface area contributed by atoms with Gasteiger partial charge in [0.2, 0.25) is 0 Å². The van der Waals surface area contributed by atoms with Gasteiger partial charge in [0.25, 0.3) is 0 Å². The Balaban J connectivity index is 1.06. The SMILES string of the molecule is C/C=C(/N=C(N=C(C)c1ccccc1)c1ccc(C(C)(C)c2ccc(C(C)N=C(N=C(C)c3ccc4ccccc4c3)C3=CCCC=C3)cc2)cc1)c1ccc2c(c1)C=CCC2. The molecule has 0 N–H and O–H groups in total. The molecule has 8 rings (SSSR count). The van der Waals surface area contributed by atoms with Crippen LogP contribution >= 0.6 is 0 Å². The molecule has 0 aliphatic heterocycles. The second-order valence-corrected chi connectivity index (χ2v) is 16.9. The first-order valence-electron chi connectivity index (χ1n) is 22.0. The molecule has 62 heavy (non-hydrogen) atoms. The van der Waals surface area contributed by atoms with Crippen molar-refractivity contribution in [1.82, 2.24) is 0 Å². The van der Waals surface area contributed by atoms with Crippen LogP contribution in [0.1, 0.15) is 117 Å². The van der Waals surface area contributed by atoms with E-state index in [4.69, 9.17) is 20.0 Å². The van der Waals surface area contributed by atoms with E-state index in [1.807, 2.05) is 6.07 Å². The van der Waals surface area contributed by atoms with Gasteiger partial charge in [0, 0.05) is 33.5 Å². The summed E-state index contributed by atoms with van der Waals surface area (Å²) in [5, 5.41) is 2.44. The third-order valence-electron chi connectivity index (χ3n) is 12.3. The lowest BCUT2D eigenvalue weighted by molar-refractivity contribution is 0.639. The third kappa shape index (κ3) is 9.56. The molecule has 6 aromatic carbocycles. The highest BCUT2D eigenvalue weighted by molar-refractivity contribution is 6.14. The summed E-state index contributed by atoms with van der Waals surface area (Å²) in [6, 6.07) is 49.7. The van der Waals surface area contributed by atoms with Crippen LogP contribution in [0.25, 0.3) is 22.5 Å². The van der Waals surface area contributed by atoms with Crippen LogP contribution in [0.4, 0.5) is 0 Å². The molecule has 4 heteroatoms. The van der Waals surface area contributed by atoms with Crippen LogP contribution in [0.2, 0.25) is 0 Å². The van der Waals surface area contributed by atoms with Crippen LogP contribution in [0, 0.1) is 0 Å². The summed E-state index contributed by atoms with van der Waals surface area (Å²) in [5.74, 6) is 1.46. The van der Waals surface area contributed by atoms with E-state index in [1.165, 1.54) is 33.0 Å².